The molecule has 1 fully saturated rings. The molecule has 0 unspecified atom stereocenters. The highest BCUT2D eigenvalue weighted by Crippen LogP contribution is 2.37. The Kier molecular flexibility index (Phi) is 5.25. The van der Waals surface area contributed by atoms with E-state index in [0.717, 1.165) is 18.4 Å². The summed E-state index contributed by atoms with van der Waals surface area (Å²) in [7, 11) is 0. The number of rotatable bonds is 4. The van der Waals surface area contributed by atoms with Gasteiger partial charge in [0.15, 0.2) is 11.6 Å². The lowest BCUT2D eigenvalue weighted by atomic mass is 9.92. The van der Waals surface area contributed by atoms with Crippen molar-refractivity contribution in [1.29, 1.82) is 0 Å². The van der Waals surface area contributed by atoms with E-state index < -0.39 is 17.8 Å². The van der Waals surface area contributed by atoms with Crippen LogP contribution in [0.25, 0.3) is 0 Å². The fraction of sp³-hybridized carbons (Fsp3) is 0.333. The molecule has 1 aliphatic heterocycles. The molecule has 2 aliphatic rings. The van der Waals surface area contributed by atoms with Gasteiger partial charge in [-0.1, -0.05) is 18.9 Å². The molecule has 1 aromatic carbocycles. The highest BCUT2D eigenvalue weighted by molar-refractivity contribution is 5.93. The summed E-state index contributed by atoms with van der Waals surface area (Å²) in [4.78, 5) is 18.5. The van der Waals surface area contributed by atoms with Crippen LogP contribution in [0.15, 0.2) is 54.7 Å². The predicted molar refractivity (Wildman–Crippen MR) is 102 cm³/mol. The maximum Gasteiger partial charge on any atom is 0.288 e. The third-order valence-corrected chi connectivity index (χ3v) is 5.11. The molecule has 7 heteroatoms. The molecule has 2 N–H and O–H groups in total. The van der Waals surface area contributed by atoms with E-state index in [0.29, 0.717) is 25.1 Å². The molecule has 1 saturated carbocycles. The number of anilines is 1. The second-order valence-electron chi connectivity index (χ2n) is 7.10. The Balaban J connectivity index is 1.60. The molecule has 2 atom stereocenters. The van der Waals surface area contributed by atoms with E-state index in [9.17, 15) is 14.3 Å². The first-order chi connectivity index (χ1) is 13.6. The summed E-state index contributed by atoms with van der Waals surface area (Å²) in [5.41, 5.74) is 1.51. The molecule has 2 heterocycles. The van der Waals surface area contributed by atoms with Gasteiger partial charge < -0.3 is 20.1 Å². The molecule has 1 amide bonds. The van der Waals surface area contributed by atoms with Gasteiger partial charge in [0.2, 0.25) is 5.76 Å². The molecule has 2 aromatic rings. The number of fused-ring (bicyclic) bond motifs is 1. The minimum absolute atomic E-state index is 0.00410. The third-order valence-electron chi connectivity index (χ3n) is 5.11. The standard InChI is InChI=1S/C21H22FN3O3/c22-15-4-3-6-17-20(15)28-19(13-25(17)12-14-8-10-23-11-9-14)21(27)24-16-5-1-2-7-18(16)26/h3-4,6,8-11,13,16,18,26H,1-2,5,7,12H2,(H,24,27)/t16-,18-/m0/s1. The number of hydrogen-bond acceptors (Lipinski definition) is 5. The number of nitrogens with one attached hydrogen (secondary N) is 1. The van der Waals surface area contributed by atoms with Gasteiger partial charge in [-0.3, -0.25) is 9.78 Å². The van der Waals surface area contributed by atoms with Gasteiger partial charge in [0.25, 0.3) is 5.91 Å². The topological polar surface area (TPSA) is 74.7 Å². The van der Waals surface area contributed by atoms with Crippen LogP contribution in [0.5, 0.6) is 5.75 Å². The zero-order valence-electron chi connectivity index (χ0n) is 15.3. The van der Waals surface area contributed by atoms with E-state index >= 15 is 0 Å². The summed E-state index contributed by atoms with van der Waals surface area (Å²) in [6, 6.07) is 8.06. The van der Waals surface area contributed by atoms with Crippen LogP contribution in [0, 0.1) is 5.82 Å². The summed E-state index contributed by atoms with van der Waals surface area (Å²) >= 11 is 0. The number of halogens is 1. The number of aromatic nitrogens is 1. The zero-order valence-corrected chi connectivity index (χ0v) is 15.3. The number of amides is 1. The normalized spacial score (nSPS) is 21.4. The quantitative estimate of drug-likeness (QED) is 0.849. The Labute approximate surface area is 162 Å². The number of carbonyl (C=O) groups is 1. The van der Waals surface area contributed by atoms with E-state index in [1.165, 1.54) is 6.07 Å². The number of pyridine rings is 1. The molecule has 0 radical (unpaired) electrons. The van der Waals surface area contributed by atoms with Crippen molar-refractivity contribution in [2.24, 2.45) is 0 Å². The predicted octanol–water partition coefficient (Wildman–Crippen LogP) is 2.88. The van der Waals surface area contributed by atoms with Crippen LogP contribution in [-0.2, 0) is 11.3 Å². The van der Waals surface area contributed by atoms with Gasteiger partial charge >= 0.3 is 0 Å². The number of hydrogen-bond donors (Lipinski definition) is 2. The Bertz CT molecular complexity index is 888. The number of aliphatic hydroxyl groups excluding tert-OH is 1. The molecule has 0 bridgehead atoms. The minimum Gasteiger partial charge on any atom is -0.445 e. The van der Waals surface area contributed by atoms with Crippen LogP contribution in [0.2, 0.25) is 0 Å². The first-order valence-corrected chi connectivity index (χ1v) is 9.44. The third kappa shape index (κ3) is 3.84. The van der Waals surface area contributed by atoms with Crippen LogP contribution in [-0.4, -0.2) is 28.1 Å². The molecule has 0 spiro atoms. The van der Waals surface area contributed by atoms with E-state index in [4.69, 9.17) is 4.74 Å². The van der Waals surface area contributed by atoms with Gasteiger partial charge in [-0.25, -0.2) is 4.39 Å². The van der Waals surface area contributed by atoms with Crippen molar-refractivity contribution in [2.75, 3.05) is 4.90 Å². The lowest BCUT2D eigenvalue weighted by Gasteiger charge is -2.31. The summed E-state index contributed by atoms with van der Waals surface area (Å²) in [5.74, 6) is -0.967. The van der Waals surface area contributed by atoms with E-state index in [-0.39, 0.29) is 17.6 Å². The average Bonchev–Trinajstić information content (AvgIpc) is 2.71. The van der Waals surface area contributed by atoms with Crippen LogP contribution in [0.4, 0.5) is 10.1 Å². The van der Waals surface area contributed by atoms with Crippen molar-refractivity contribution in [1.82, 2.24) is 10.3 Å². The monoisotopic (exact) mass is 383 g/mol. The fourth-order valence-corrected chi connectivity index (χ4v) is 3.61. The number of para-hydroxylation sites is 1. The second kappa shape index (κ2) is 7.98. The number of aliphatic hydroxyl groups is 1. The van der Waals surface area contributed by atoms with Gasteiger partial charge in [0.1, 0.15) is 0 Å². The van der Waals surface area contributed by atoms with Gasteiger partial charge in [-0.15, -0.1) is 0 Å². The lowest BCUT2D eigenvalue weighted by Crippen LogP contribution is -2.46. The Morgan fingerprint density at radius 3 is 2.82 bits per heavy atom. The first-order valence-electron chi connectivity index (χ1n) is 9.44. The molecule has 6 nitrogen and oxygen atoms in total. The highest BCUT2D eigenvalue weighted by atomic mass is 19.1. The van der Waals surface area contributed by atoms with Crippen LogP contribution < -0.4 is 15.0 Å². The van der Waals surface area contributed by atoms with Crippen LogP contribution >= 0.6 is 0 Å². The van der Waals surface area contributed by atoms with Gasteiger partial charge in [-0.05, 0) is 42.7 Å². The summed E-state index contributed by atoms with van der Waals surface area (Å²) in [5, 5.41) is 12.9. The SMILES string of the molecule is O=C(N[C@H]1CCCC[C@@H]1O)C1=CN(Cc2ccncc2)c2cccc(F)c2O1. The van der Waals surface area contributed by atoms with E-state index in [1.807, 2.05) is 12.1 Å². The molecule has 146 valence electrons. The van der Waals surface area contributed by atoms with Crippen LogP contribution in [0.3, 0.4) is 0 Å². The maximum absolute atomic E-state index is 14.4. The van der Waals surface area contributed by atoms with Gasteiger partial charge in [0, 0.05) is 18.9 Å². The first kappa shape index (κ1) is 18.4. The van der Waals surface area contributed by atoms with Gasteiger partial charge in [0.05, 0.1) is 24.0 Å². The lowest BCUT2D eigenvalue weighted by molar-refractivity contribution is -0.121. The molecule has 28 heavy (non-hydrogen) atoms. The zero-order chi connectivity index (χ0) is 19.5. The van der Waals surface area contributed by atoms with Crippen molar-refractivity contribution in [3.63, 3.8) is 0 Å². The molecule has 0 saturated heterocycles. The number of ether oxygens (including phenoxy) is 1. The Morgan fingerprint density at radius 2 is 2.04 bits per heavy atom. The van der Waals surface area contributed by atoms with E-state index in [2.05, 4.69) is 10.3 Å². The summed E-state index contributed by atoms with van der Waals surface area (Å²) in [6.45, 7) is 0.436. The summed E-state index contributed by atoms with van der Waals surface area (Å²) in [6.07, 6.45) is 7.65. The Hall–Kier alpha value is -2.93. The number of benzene rings is 1. The fourth-order valence-electron chi connectivity index (χ4n) is 3.61. The average molecular weight is 383 g/mol. The maximum atomic E-state index is 14.4. The van der Waals surface area contributed by atoms with E-state index in [1.54, 1.807) is 35.6 Å². The van der Waals surface area contributed by atoms with Crippen molar-refractivity contribution in [3.05, 3.63) is 66.1 Å². The molecular weight excluding hydrogens is 361 g/mol. The van der Waals surface area contributed by atoms with Crippen molar-refractivity contribution < 1.29 is 19.0 Å². The van der Waals surface area contributed by atoms with Crippen molar-refractivity contribution in [2.45, 2.75) is 44.4 Å². The largest absolute Gasteiger partial charge is 0.445 e. The smallest absolute Gasteiger partial charge is 0.288 e. The second-order valence-corrected chi connectivity index (χ2v) is 7.10. The highest BCUT2D eigenvalue weighted by Gasteiger charge is 2.30. The molecular formula is C21H22FN3O3. The van der Waals surface area contributed by atoms with Crippen LogP contribution in [0.1, 0.15) is 31.2 Å². The van der Waals surface area contributed by atoms with Crippen molar-refractivity contribution >= 4 is 11.6 Å². The van der Waals surface area contributed by atoms with Gasteiger partial charge in [-0.2, -0.15) is 0 Å². The Morgan fingerprint density at radius 1 is 1.25 bits per heavy atom. The number of nitrogens with zero attached hydrogens (tertiary/aromatic N) is 2. The van der Waals surface area contributed by atoms with Crippen molar-refractivity contribution in [3.8, 4) is 5.75 Å². The molecule has 4 rings (SSSR count). The molecule has 1 aromatic heterocycles. The minimum atomic E-state index is -0.571. The summed E-state index contributed by atoms with van der Waals surface area (Å²) < 4.78 is 20.0. The molecule has 1 aliphatic carbocycles. The number of carbonyl (C=O) groups excluding carboxylic acids is 1.